The summed E-state index contributed by atoms with van der Waals surface area (Å²) in [5.74, 6) is 0.532. The van der Waals surface area contributed by atoms with Crippen molar-refractivity contribution in [3.05, 3.63) is 15.8 Å². The summed E-state index contributed by atoms with van der Waals surface area (Å²) in [5.41, 5.74) is 6.06. The standard InChI is InChI=1S/C5H4BIN2/c6-3-1-4(7)5(8)9-2-3/h1-2H,(H2,8,9). The van der Waals surface area contributed by atoms with E-state index in [0.717, 1.165) is 3.57 Å². The molecule has 0 atom stereocenters. The van der Waals surface area contributed by atoms with Crippen LogP contribution in [0, 0.1) is 3.57 Å². The third kappa shape index (κ3) is 1.57. The van der Waals surface area contributed by atoms with Gasteiger partial charge in [-0.25, -0.2) is 4.98 Å². The molecule has 0 saturated carbocycles. The number of aromatic nitrogens is 1. The minimum Gasteiger partial charge on any atom is -0.383 e. The molecule has 0 unspecified atom stereocenters. The number of rotatable bonds is 0. The van der Waals surface area contributed by atoms with E-state index in [1.54, 1.807) is 6.07 Å². The molecule has 1 aromatic heterocycles. The Labute approximate surface area is 68.4 Å². The maximum Gasteiger partial charge on any atom is 0.136 e. The van der Waals surface area contributed by atoms with Crippen LogP contribution >= 0.6 is 22.6 Å². The van der Waals surface area contributed by atoms with Crippen LogP contribution in [0.2, 0.25) is 0 Å². The van der Waals surface area contributed by atoms with Crippen LogP contribution in [0.15, 0.2) is 12.3 Å². The molecule has 0 aliphatic heterocycles. The average molecular weight is 230 g/mol. The van der Waals surface area contributed by atoms with Gasteiger partial charge in [0.2, 0.25) is 0 Å². The fourth-order valence-electron chi connectivity index (χ4n) is 0.463. The lowest BCUT2D eigenvalue weighted by atomic mass is 9.99. The molecule has 1 aromatic rings. The van der Waals surface area contributed by atoms with Crippen LogP contribution in [0.4, 0.5) is 5.82 Å². The molecule has 0 aromatic carbocycles. The maximum atomic E-state index is 5.41. The zero-order valence-electron chi connectivity index (χ0n) is 4.63. The van der Waals surface area contributed by atoms with Crippen molar-refractivity contribution in [3.8, 4) is 0 Å². The first kappa shape index (κ1) is 6.86. The Balaban J connectivity index is 3.17. The topological polar surface area (TPSA) is 38.9 Å². The van der Waals surface area contributed by atoms with Crippen molar-refractivity contribution < 1.29 is 0 Å². The van der Waals surface area contributed by atoms with E-state index in [4.69, 9.17) is 13.6 Å². The summed E-state index contributed by atoms with van der Waals surface area (Å²) in [7, 11) is 5.40. The van der Waals surface area contributed by atoms with E-state index in [2.05, 4.69) is 27.6 Å². The fraction of sp³-hybridized carbons (Fsp3) is 0. The van der Waals surface area contributed by atoms with Crippen LogP contribution < -0.4 is 11.2 Å². The van der Waals surface area contributed by atoms with Crippen molar-refractivity contribution in [3.63, 3.8) is 0 Å². The highest BCUT2D eigenvalue weighted by Crippen LogP contribution is 2.07. The molecule has 0 bridgehead atoms. The molecule has 0 spiro atoms. The molecule has 0 fully saturated rings. The fourth-order valence-corrected chi connectivity index (χ4v) is 0.962. The first-order valence-electron chi connectivity index (χ1n) is 2.36. The van der Waals surface area contributed by atoms with E-state index < -0.39 is 0 Å². The number of nitrogen functional groups attached to an aromatic ring is 1. The molecule has 1 heterocycles. The third-order valence-electron chi connectivity index (χ3n) is 0.891. The summed E-state index contributed by atoms with van der Waals surface area (Å²) in [5, 5.41) is 0. The van der Waals surface area contributed by atoms with Gasteiger partial charge in [-0.2, -0.15) is 0 Å². The van der Waals surface area contributed by atoms with Crippen molar-refractivity contribution in [1.29, 1.82) is 0 Å². The lowest BCUT2D eigenvalue weighted by Gasteiger charge is -1.96. The zero-order valence-corrected chi connectivity index (χ0v) is 6.79. The maximum absolute atomic E-state index is 5.41. The van der Waals surface area contributed by atoms with Crippen LogP contribution in [0.3, 0.4) is 0 Å². The predicted octanol–water partition coefficient (Wildman–Crippen LogP) is 0.0622. The summed E-state index contributed by atoms with van der Waals surface area (Å²) < 4.78 is 0.896. The minimum absolute atomic E-state index is 0.532. The summed E-state index contributed by atoms with van der Waals surface area (Å²) >= 11 is 2.08. The highest BCUT2D eigenvalue weighted by molar-refractivity contribution is 14.1. The van der Waals surface area contributed by atoms with Crippen molar-refractivity contribution in [2.75, 3.05) is 5.73 Å². The van der Waals surface area contributed by atoms with E-state index in [1.165, 1.54) is 6.20 Å². The predicted molar refractivity (Wildman–Crippen MR) is 46.8 cm³/mol. The molecule has 4 heteroatoms. The number of nitrogens with zero attached hydrogens (tertiary/aromatic N) is 1. The van der Waals surface area contributed by atoms with Gasteiger partial charge in [-0.1, -0.05) is 11.5 Å². The smallest absolute Gasteiger partial charge is 0.136 e. The quantitative estimate of drug-likeness (QED) is 0.505. The Hall–Kier alpha value is -0.255. The van der Waals surface area contributed by atoms with Crippen LogP contribution in [-0.2, 0) is 0 Å². The molecule has 44 valence electrons. The monoisotopic (exact) mass is 230 g/mol. The van der Waals surface area contributed by atoms with Gasteiger partial charge >= 0.3 is 0 Å². The first-order chi connectivity index (χ1) is 4.20. The van der Waals surface area contributed by atoms with E-state index in [9.17, 15) is 0 Å². The molecule has 0 amide bonds. The molecule has 1 rings (SSSR count). The largest absolute Gasteiger partial charge is 0.383 e. The zero-order chi connectivity index (χ0) is 6.85. The molecule has 2 nitrogen and oxygen atoms in total. The van der Waals surface area contributed by atoms with Gasteiger partial charge in [0, 0.05) is 6.20 Å². The second kappa shape index (κ2) is 2.55. The summed E-state index contributed by atoms with van der Waals surface area (Å²) in [6.07, 6.45) is 1.54. The van der Waals surface area contributed by atoms with Crippen molar-refractivity contribution in [1.82, 2.24) is 4.98 Å². The van der Waals surface area contributed by atoms with E-state index in [0.29, 0.717) is 11.3 Å². The average Bonchev–Trinajstić information content (AvgIpc) is 1.80. The first-order valence-corrected chi connectivity index (χ1v) is 3.44. The summed E-state index contributed by atoms with van der Waals surface area (Å²) in [6, 6.07) is 1.78. The Morgan fingerprint density at radius 3 is 2.78 bits per heavy atom. The molecular weight excluding hydrogens is 226 g/mol. The molecule has 0 aliphatic carbocycles. The summed E-state index contributed by atoms with van der Waals surface area (Å²) in [4.78, 5) is 3.82. The summed E-state index contributed by atoms with van der Waals surface area (Å²) in [6.45, 7) is 0. The molecule has 2 N–H and O–H groups in total. The van der Waals surface area contributed by atoms with Gasteiger partial charge in [0.05, 0.1) is 3.57 Å². The van der Waals surface area contributed by atoms with Crippen molar-refractivity contribution in [2.45, 2.75) is 0 Å². The number of hydrogen-bond acceptors (Lipinski definition) is 2. The van der Waals surface area contributed by atoms with Gasteiger partial charge in [-0.05, 0) is 22.6 Å². The number of hydrogen-bond donors (Lipinski definition) is 1. The van der Waals surface area contributed by atoms with Crippen molar-refractivity contribution >= 4 is 41.7 Å². The Morgan fingerprint density at radius 2 is 2.33 bits per heavy atom. The molecule has 9 heavy (non-hydrogen) atoms. The van der Waals surface area contributed by atoms with Gasteiger partial charge in [-0.15, -0.1) is 0 Å². The van der Waals surface area contributed by atoms with E-state index in [1.807, 2.05) is 0 Å². The minimum atomic E-state index is 0.532. The van der Waals surface area contributed by atoms with E-state index in [-0.39, 0.29) is 0 Å². The van der Waals surface area contributed by atoms with Gasteiger partial charge in [-0.3, -0.25) is 0 Å². The van der Waals surface area contributed by atoms with Gasteiger partial charge < -0.3 is 5.73 Å². The van der Waals surface area contributed by atoms with Crippen LogP contribution in [0.5, 0.6) is 0 Å². The molecule has 0 aliphatic rings. The highest BCUT2D eigenvalue weighted by atomic mass is 127. The molecule has 0 saturated heterocycles. The third-order valence-corrected chi connectivity index (χ3v) is 1.75. The lowest BCUT2D eigenvalue weighted by molar-refractivity contribution is 1.34. The van der Waals surface area contributed by atoms with Crippen molar-refractivity contribution in [2.24, 2.45) is 0 Å². The molecular formula is C5H4BIN2. The Morgan fingerprint density at radius 1 is 1.67 bits per heavy atom. The Bertz CT molecular complexity index is 226. The Kier molecular flexibility index (Phi) is 1.95. The highest BCUT2D eigenvalue weighted by Gasteiger charge is 1.92. The van der Waals surface area contributed by atoms with Gasteiger partial charge in [0.1, 0.15) is 13.7 Å². The van der Waals surface area contributed by atoms with Crippen LogP contribution in [0.1, 0.15) is 0 Å². The second-order valence-corrected chi connectivity index (χ2v) is 2.80. The number of halogens is 1. The molecule has 2 radical (unpaired) electrons. The number of anilines is 1. The van der Waals surface area contributed by atoms with Crippen LogP contribution in [0.25, 0.3) is 0 Å². The lowest BCUT2D eigenvalue weighted by Crippen LogP contribution is -2.06. The second-order valence-electron chi connectivity index (χ2n) is 1.64. The van der Waals surface area contributed by atoms with E-state index >= 15 is 0 Å². The number of pyridine rings is 1. The normalized spacial score (nSPS) is 9.44. The van der Waals surface area contributed by atoms with Crippen LogP contribution in [-0.4, -0.2) is 12.8 Å². The SMILES string of the molecule is [B]c1cnc(N)c(I)c1. The van der Waals surface area contributed by atoms with Gasteiger partial charge in [0.15, 0.2) is 0 Å². The van der Waals surface area contributed by atoms with Gasteiger partial charge in [0.25, 0.3) is 0 Å². The number of nitrogens with two attached hydrogens (primary N) is 1.